The van der Waals surface area contributed by atoms with Crippen LogP contribution in [0.1, 0.15) is 24.5 Å². The van der Waals surface area contributed by atoms with Crippen LogP contribution in [-0.2, 0) is 6.54 Å². The Labute approximate surface area is 135 Å². The highest BCUT2D eigenvalue weighted by molar-refractivity contribution is 5.94. The van der Waals surface area contributed by atoms with Gasteiger partial charge in [0.2, 0.25) is 0 Å². The Morgan fingerprint density at radius 2 is 2.13 bits per heavy atom. The molecule has 2 aromatic rings. The maximum Gasteiger partial charge on any atom is 0.284 e. The second-order valence-corrected chi connectivity index (χ2v) is 6.50. The minimum Gasteiger partial charge on any atom is -0.492 e. The molecular weight excluding hydrogens is 296 g/mol. The molecule has 3 N–H and O–H groups in total. The Hall–Kier alpha value is -2.12. The quantitative estimate of drug-likeness (QED) is 0.789. The number of benzene rings is 1. The van der Waals surface area contributed by atoms with Crippen LogP contribution >= 0.6 is 0 Å². The Bertz CT molecular complexity index is 701. The molecule has 0 fully saturated rings. The number of amides is 1. The number of primary amides is 1. The third-order valence-electron chi connectivity index (χ3n) is 3.29. The molecule has 2 rings (SSSR count). The van der Waals surface area contributed by atoms with Crippen LogP contribution in [0.5, 0.6) is 5.75 Å². The maximum absolute atomic E-state index is 11.6. The van der Waals surface area contributed by atoms with Gasteiger partial charge in [-0.3, -0.25) is 4.79 Å². The van der Waals surface area contributed by atoms with E-state index in [9.17, 15) is 9.90 Å². The highest BCUT2D eigenvalue weighted by Gasteiger charge is 2.21. The molecular formula is C16H24N4O3. The SMILES string of the molecule is CN(C)CCOc1ccc2c(c1)nc(C(N)=O)n2CC(C)(C)O. The number of nitrogens with zero attached hydrogens (tertiary/aromatic N) is 3. The third kappa shape index (κ3) is 4.43. The monoisotopic (exact) mass is 320 g/mol. The van der Waals surface area contributed by atoms with Crippen molar-refractivity contribution in [1.82, 2.24) is 14.5 Å². The summed E-state index contributed by atoms with van der Waals surface area (Å²) in [6.45, 7) is 4.93. The van der Waals surface area contributed by atoms with E-state index in [2.05, 4.69) is 4.98 Å². The number of carbonyl (C=O) groups is 1. The van der Waals surface area contributed by atoms with E-state index in [1.165, 1.54) is 0 Å². The largest absolute Gasteiger partial charge is 0.492 e. The number of carbonyl (C=O) groups excluding carboxylic acids is 1. The number of aromatic nitrogens is 2. The molecule has 7 nitrogen and oxygen atoms in total. The minimum atomic E-state index is -0.987. The standard InChI is InChI=1S/C16H24N4O3/c1-16(2,22)10-20-13-6-5-11(23-8-7-19(3)4)9-12(13)18-15(20)14(17)21/h5-6,9,22H,7-8,10H2,1-4H3,(H2,17,21). The lowest BCUT2D eigenvalue weighted by atomic mass is 10.1. The summed E-state index contributed by atoms with van der Waals surface area (Å²) in [5.41, 5.74) is 5.77. The van der Waals surface area contributed by atoms with Crippen molar-refractivity contribution >= 4 is 16.9 Å². The number of rotatable bonds is 7. The molecule has 0 atom stereocenters. The molecule has 23 heavy (non-hydrogen) atoms. The zero-order valence-electron chi connectivity index (χ0n) is 14.0. The first kappa shape index (κ1) is 17.2. The normalized spacial score (nSPS) is 12.1. The van der Waals surface area contributed by atoms with Crippen molar-refractivity contribution in [2.75, 3.05) is 27.2 Å². The molecule has 0 spiro atoms. The van der Waals surface area contributed by atoms with Crippen molar-refractivity contribution in [1.29, 1.82) is 0 Å². The summed E-state index contributed by atoms with van der Waals surface area (Å²) in [5, 5.41) is 10.0. The van der Waals surface area contributed by atoms with Crippen LogP contribution in [0.2, 0.25) is 0 Å². The molecule has 7 heteroatoms. The molecule has 1 aromatic carbocycles. The molecule has 0 aliphatic heterocycles. The highest BCUT2D eigenvalue weighted by atomic mass is 16.5. The molecule has 1 aromatic heterocycles. The average Bonchev–Trinajstić information content (AvgIpc) is 2.75. The molecule has 0 saturated carbocycles. The van der Waals surface area contributed by atoms with Gasteiger partial charge in [0, 0.05) is 12.6 Å². The van der Waals surface area contributed by atoms with E-state index in [0.29, 0.717) is 17.9 Å². The lowest BCUT2D eigenvalue weighted by Gasteiger charge is -2.19. The Morgan fingerprint density at radius 3 is 2.70 bits per heavy atom. The molecule has 126 valence electrons. The van der Waals surface area contributed by atoms with Crippen molar-refractivity contribution in [3.63, 3.8) is 0 Å². The van der Waals surface area contributed by atoms with E-state index >= 15 is 0 Å². The van der Waals surface area contributed by atoms with E-state index in [1.54, 1.807) is 24.5 Å². The number of hydrogen-bond donors (Lipinski definition) is 2. The van der Waals surface area contributed by atoms with Crippen LogP contribution in [-0.4, -0.2) is 58.3 Å². The predicted molar refractivity (Wildman–Crippen MR) is 88.6 cm³/mol. The number of imidazole rings is 1. The first-order chi connectivity index (χ1) is 10.7. The fourth-order valence-corrected chi connectivity index (χ4v) is 2.28. The van der Waals surface area contributed by atoms with Crippen molar-refractivity contribution in [3.8, 4) is 5.75 Å². The summed E-state index contributed by atoms with van der Waals surface area (Å²) in [5.74, 6) is 0.191. The zero-order chi connectivity index (χ0) is 17.2. The summed E-state index contributed by atoms with van der Waals surface area (Å²) >= 11 is 0. The van der Waals surface area contributed by atoms with Crippen molar-refractivity contribution in [2.24, 2.45) is 5.73 Å². The molecule has 1 amide bonds. The first-order valence-corrected chi connectivity index (χ1v) is 7.47. The van der Waals surface area contributed by atoms with Crippen LogP contribution in [0.3, 0.4) is 0 Å². The van der Waals surface area contributed by atoms with Crippen LogP contribution in [0.15, 0.2) is 18.2 Å². The smallest absolute Gasteiger partial charge is 0.284 e. The van der Waals surface area contributed by atoms with E-state index in [0.717, 1.165) is 12.1 Å². The van der Waals surface area contributed by atoms with E-state index in [-0.39, 0.29) is 12.4 Å². The molecule has 0 aliphatic carbocycles. The van der Waals surface area contributed by atoms with Gasteiger partial charge in [0.25, 0.3) is 5.91 Å². The topological polar surface area (TPSA) is 93.6 Å². The molecule has 0 unspecified atom stereocenters. The summed E-state index contributed by atoms with van der Waals surface area (Å²) < 4.78 is 7.32. The Balaban J connectivity index is 2.34. The van der Waals surface area contributed by atoms with Crippen molar-refractivity contribution in [3.05, 3.63) is 24.0 Å². The summed E-state index contributed by atoms with van der Waals surface area (Å²) in [7, 11) is 3.95. The average molecular weight is 320 g/mol. The second kappa shape index (κ2) is 6.55. The molecule has 0 aliphatic rings. The van der Waals surface area contributed by atoms with Gasteiger partial charge in [0.05, 0.1) is 23.2 Å². The number of nitrogens with two attached hydrogens (primary N) is 1. The van der Waals surface area contributed by atoms with Gasteiger partial charge in [0.15, 0.2) is 5.82 Å². The fraction of sp³-hybridized carbons (Fsp3) is 0.500. The highest BCUT2D eigenvalue weighted by Crippen LogP contribution is 2.23. The van der Waals surface area contributed by atoms with Gasteiger partial charge in [-0.1, -0.05) is 0 Å². The van der Waals surface area contributed by atoms with E-state index in [1.807, 2.05) is 31.1 Å². The number of ether oxygens (including phenoxy) is 1. The fourth-order valence-electron chi connectivity index (χ4n) is 2.28. The van der Waals surface area contributed by atoms with Crippen molar-refractivity contribution < 1.29 is 14.6 Å². The van der Waals surface area contributed by atoms with E-state index < -0.39 is 11.5 Å². The van der Waals surface area contributed by atoms with Gasteiger partial charge in [-0.05, 0) is 40.1 Å². The van der Waals surface area contributed by atoms with Crippen molar-refractivity contribution in [2.45, 2.75) is 26.0 Å². The van der Waals surface area contributed by atoms with Gasteiger partial charge in [0.1, 0.15) is 12.4 Å². The molecule has 0 radical (unpaired) electrons. The van der Waals surface area contributed by atoms with E-state index in [4.69, 9.17) is 10.5 Å². The first-order valence-electron chi connectivity index (χ1n) is 7.47. The van der Waals surface area contributed by atoms with Gasteiger partial charge in [-0.15, -0.1) is 0 Å². The van der Waals surface area contributed by atoms with Gasteiger partial charge >= 0.3 is 0 Å². The zero-order valence-corrected chi connectivity index (χ0v) is 14.0. The van der Waals surface area contributed by atoms with Crippen LogP contribution < -0.4 is 10.5 Å². The number of aliphatic hydroxyl groups is 1. The van der Waals surface area contributed by atoms with Crippen LogP contribution in [0.4, 0.5) is 0 Å². The molecule has 0 bridgehead atoms. The summed E-state index contributed by atoms with van der Waals surface area (Å²) in [6.07, 6.45) is 0. The maximum atomic E-state index is 11.6. The van der Waals surface area contributed by atoms with Gasteiger partial charge < -0.3 is 25.0 Å². The third-order valence-corrected chi connectivity index (χ3v) is 3.29. The molecule has 0 saturated heterocycles. The summed E-state index contributed by atoms with van der Waals surface area (Å²) in [4.78, 5) is 17.9. The Kier molecular flexibility index (Phi) is 4.91. The lowest BCUT2D eigenvalue weighted by molar-refractivity contribution is 0.0614. The van der Waals surface area contributed by atoms with Gasteiger partial charge in [-0.2, -0.15) is 0 Å². The number of fused-ring (bicyclic) bond motifs is 1. The molecule has 1 heterocycles. The minimum absolute atomic E-state index is 0.132. The Morgan fingerprint density at radius 1 is 1.43 bits per heavy atom. The van der Waals surface area contributed by atoms with Crippen LogP contribution in [0, 0.1) is 0 Å². The predicted octanol–water partition coefficient (Wildman–Crippen LogP) is 0.846. The van der Waals surface area contributed by atoms with Crippen LogP contribution in [0.25, 0.3) is 11.0 Å². The van der Waals surface area contributed by atoms with Gasteiger partial charge in [-0.25, -0.2) is 4.98 Å². The summed E-state index contributed by atoms with van der Waals surface area (Å²) in [6, 6.07) is 5.43. The number of hydrogen-bond acceptors (Lipinski definition) is 5. The lowest BCUT2D eigenvalue weighted by Crippen LogP contribution is -2.29. The number of likely N-dealkylation sites (N-methyl/N-ethyl adjacent to an activating group) is 1. The second-order valence-electron chi connectivity index (χ2n) is 6.50.